The van der Waals surface area contributed by atoms with Gasteiger partial charge in [0, 0.05) is 63.5 Å². The molecule has 0 aromatic heterocycles. The van der Waals surface area contributed by atoms with E-state index < -0.39 is 42.5 Å². The lowest BCUT2D eigenvalue weighted by molar-refractivity contribution is -0.112. The molecule has 7 atom stereocenters. The van der Waals surface area contributed by atoms with Crippen LogP contribution in [0.2, 0.25) is 0 Å². The second-order valence-corrected chi connectivity index (χ2v) is 11.8. The standard InChI is InChI=1S/C34H52N4O9/c1-19-11-10-12-20(2)32(40)38-26-18-24(46-34(42)37-14-13-36-6)17-25(28(26)39)30(44-8)23(5)16-27(43-7)31(45-9)22(4)15-21(3)29(19)47-33(35)41/h10-12,15,17-19,22-23,27,29-31,36,39H,13-14,16H2,1-9H3,(H2,35,41)(H,37,42)(H,38,40)/b11-10-,20-12+,21-15+. The van der Waals surface area contributed by atoms with E-state index in [0.717, 1.165) is 5.57 Å². The van der Waals surface area contributed by atoms with Crippen molar-refractivity contribution in [2.75, 3.05) is 46.8 Å². The molecule has 47 heavy (non-hydrogen) atoms. The Morgan fingerprint density at radius 3 is 2.32 bits per heavy atom. The zero-order chi connectivity index (χ0) is 35.3. The number of aromatic hydroxyl groups is 1. The molecule has 1 aromatic carbocycles. The van der Waals surface area contributed by atoms with Gasteiger partial charge in [-0.25, -0.2) is 9.59 Å². The Balaban J connectivity index is 2.71. The number of primary amides is 1. The zero-order valence-electron chi connectivity index (χ0n) is 28.9. The van der Waals surface area contributed by atoms with Gasteiger partial charge in [-0.2, -0.15) is 0 Å². The van der Waals surface area contributed by atoms with Crippen LogP contribution in [0.15, 0.2) is 47.6 Å². The second-order valence-electron chi connectivity index (χ2n) is 11.8. The van der Waals surface area contributed by atoms with Gasteiger partial charge in [0.05, 0.1) is 24.0 Å². The number of carbonyl (C=O) groups excluding carboxylic acids is 3. The van der Waals surface area contributed by atoms with Crippen molar-refractivity contribution in [2.24, 2.45) is 23.5 Å². The molecule has 0 spiro atoms. The first-order valence-electron chi connectivity index (χ1n) is 15.6. The quantitative estimate of drug-likeness (QED) is 0.151. The second kappa shape index (κ2) is 19.0. The summed E-state index contributed by atoms with van der Waals surface area (Å²) < 4.78 is 28.8. The highest BCUT2D eigenvalue weighted by atomic mass is 16.6. The molecular formula is C34H52N4O9. The minimum Gasteiger partial charge on any atom is -0.505 e. The minimum atomic E-state index is -0.905. The van der Waals surface area contributed by atoms with E-state index in [2.05, 4.69) is 16.0 Å². The first kappa shape index (κ1) is 39.3. The summed E-state index contributed by atoms with van der Waals surface area (Å²) in [5, 5.41) is 19.8. The van der Waals surface area contributed by atoms with Crippen molar-refractivity contribution in [3.63, 3.8) is 0 Å². The van der Waals surface area contributed by atoms with Crippen molar-refractivity contribution >= 4 is 23.8 Å². The maximum absolute atomic E-state index is 13.3. The van der Waals surface area contributed by atoms with Crippen LogP contribution in [-0.2, 0) is 23.7 Å². The molecule has 7 unspecified atom stereocenters. The molecular weight excluding hydrogens is 608 g/mol. The molecule has 13 nitrogen and oxygen atoms in total. The number of methoxy groups -OCH3 is 3. The number of fused-ring (bicyclic) bond motifs is 2. The van der Waals surface area contributed by atoms with Crippen LogP contribution < -0.4 is 26.4 Å². The topological polar surface area (TPSA) is 180 Å². The number of hydrogen-bond donors (Lipinski definition) is 5. The van der Waals surface area contributed by atoms with Crippen LogP contribution in [0.5, 0.6) is 11.5 Å². The normalized spacial score (nSPS) is 29.0. The number of nitrogens with two attached hydrogens (primary N) is 1. The predicted molar refractivity (Wildman–Crippen MR) is 179 cm³/mol. The van der Waals surface area contributed by atoms with E-state index in [1.54, 1.807) is 46.4 Å². The molecule has 3 amide bonds. The largest absolute Gasteiger partial charge is 0.505 e. The van der Waals surface area contributed by atoms with Gasteiger partial charge in [-0.15, -0.1) is 0 Å². The number of allylic oxidation sites excluding steroid dienone is 2. The predicted octanol–water partition coefficient (Wildman–Crippen LogP) is 4.58. The van der Waals surface area contributed by atoms with E-state index in [9.17, 15) is 19.5 Å². The summed E-state index contributed by atoms with van der Waals surface area (Å²) in [6, 6.07) is 2.89. The molecule has 0 radical (unpaired) electrons. The van der Waals surface area contributed by atoms with Gasteiger partial charge in [0.15, 0.2) is 0 Å². The molecule has 0 saturated heterocycles. The molecule has 1 aliphatic heterocycles. The van der Waals surface area contributed by atoms with E-state index in [1.165, 1.54) is 19.2 Å². The number of ether oxygens (including phenoxy) is 5. The van der Waals surface area contributed by atoms with Gasteiger partial charge < -0.3 is 50.5 Å². The van der Waals surface area contributed by atoms with Crippen molar-refractivity contribution < 1.29 is 43.2 Å². The van der Waals surface area contributed by atoms with Gasteiger partial charge >= 0.3 is 12.2 Å². The van der Waals surface area contributed by atoms with Gasteiger partial charge in [-0.05, 0) is 44.9 Å². The van der Waals surface area contributed by atoms with Crippen LogP contribution in [0.4, 0.5) is 15.3 Å². The molecule has 1 aromatic rings. The average Bonchev–Trinajstić information content (AvgIpc) is 3.01. The number of carbonyl (C=O) groups is 3. The highest BCUT2D eigenvalue weighted by Gasteiger charge is 2.33. The Bertz CT molecular complexity index is 1310. The van der Waals surface area contributed by atoms with Crippen molar-refractivity contribution in [1.29, 1.82) is 0 Å². The van der Waals surface area contributed by atoms with E-state index in [1.807, 2.05) is 33.8 Å². The van der Waals surface area contributed by atoms with Gasteiger partial charge in [0.25, 0.3) is 5.91 Å². The zero-order valence-corrected chi connectivity index (χ0v) is 28.9. The molecule has 0 saturated carbocycles. The lowest BCUT2D eigenvalue weighted by Crippen LogP contribution is -2.37. The first-order chi connectivity index (χ1) is 22.3. The minimum absolute atomic E-state index is 0.0317. The first-order valence-corrected chi connectivity index (χ1v) is 15.6. The third-order valence-corrected chi connectivity index (χ3v) is 8.17. The SMILES string of the molecule is CNCCNC(=O)Oc1cc2c(O)c(c1)C(OC)C(C)CC(OC)C(OC)C(C)/C=C(\C)C(OC(N)=O)C(C)/C=C\C=C(/C)C(=O)N2. The monoisotopic (exact) mass is 660 g/mol. The van der Waals surface area contributed by atoms with Crippen LogP contribution in [-0.4, -0.2) is 83.0 Å². The smallest absolute Gasteiger partial charge is 0.412 e. The highest BCUT2D eigenvalue weighted by Crippen LogP contribution is 2.42. The Hall–Kier alpha value is -3.91. The number of hydrogen-bond acceptors (Lipinski definition) is 10. The van der Waals surface area contributed by atoms with E-state index >= 15 is 0 Å². The van der Waals surface area contributed by atoms with Gasteiger partial charge in [-0.1, -0.05) is 45.1 Å². The molecule has 13 heteroatoms. The van der Waals surface area contributed by atoms with E-state index in [0.29, 0.717) is 30.6 Å². The third-order valence-electron chi connectivity index (χ3n) is 8.17. The summed E-state index contributed by atoms with van der Waals surface area (Å²) in [4.78, 5) is 37.6. The molecule has 0 aliphatic carbocycles. The molecule has 1 aliphatic rings. The van der Waals surface area contributed by atoms with Crippen LogP contribution in [0.3, 0.4) is 0 Å². The summed E-state index contributed by atoms with van der Waals surface area (Å²) >= 11 is 0. The molecule has 2 rings (SSSR count). The number of amides is 3. The number of benzene rings is 1. The highest BCUT2D eigenvalue weighted by molar-refractivity contribution is 6.04. The number of likely N-dealkylation sites (N-methyl/N-ethyl adjacent to an activating group) is 1. The molecule has 0 fully saturated rings. The van der Waals surface area contributed by atoms with Crippen molar-refractivity contribution in [3.8, 4) is 11.5 Å². The number of rotatable bonds is 8. The molecule has 6 N–H and O–H groups in total. The van der Waals surface area contributed by atoms with E-state index in [-0.39, 0.29) is 34.9 Å². The fraction of sp³-hybridized carbons (Fsp3) is 0.559. The van der Waals surface area contributed by atoms with Crippen LogP contribution in [0.1, 0.15) is 52.7 Å². The lowest BCUT2D eigenvalue weighted by Gasteiger charge is -2.33. The molecule has 2 bridgehead atoms. The van der Waals surface area contributed by atoms with E-state index in [4.69, 9.17) is 29.4 Å². The fourth-order valence-electron chi connectivity index (χ4n) is 5.78. The van der Waals surface area contributed by atoms with Gasteiger partial charge in [0.2, 0.25) is 0 Å². The van der Waals surface area contributed by atoms with Crippen molar-refractivity contribution in [2.45, 2.75) is 65.5 Å². The maximum atomic E-state index is 13.3. The third kappa shape index (κ3) is 11.4. The fourth-order valence-corrected chi connectivity index (χ4v) is 5.78. The Morgan fingerprint density at radius 2 is 1.72 bits per heavy atom. The van der Waals surface area contributed by atoms with Crippen molar-refractivity contribution in [1.82, 2.24) is 10.6 Å². The van der Waals surface area contributed by atoms with Gasteiger partial charge in [-0.3, -0.25) is 4.79 Å². The number of phenols is 1. The Kier molecular flexibility index (Phi) is 15.9. The number of nitrogens with one attached hydrogen (secondary N) is 3. The summed E-state index contributed by atoms with van der Waals surface area (Å²) in [7, 11) is 6.47. The number of phenolic OH excluding ortho intramolecular Hbond substituents is 1. The maximum Gasteiger partial charge on any atom is 0.412 e. The summed E-state index contributed by atoms with van der Waals surface area (Å²) in [6.07, 6.45) is 3.67. The summed E-state index contributed by atoms with van der Waals surface area (Å²) in [6.45, 7) is 10.1. The average molecular weight is 661 g/mol. The van der Waals surface area contributed by atoms with Gasteiger partial charge in [0.1, 0.15) is 17.6 Å². The Morgan fingerprint density at radius 1 is 1.02 bits per heavy atom. The lowest BCUT2D eigenvalue weighted by atomic mass is 9.86. The molecule has 1 heterocycles. The van der Waals surface area contributed by atoms with Crippen molar-refractivity contribution in [3.05, 3.63) is 53.1 Å². The summed E-state index contributed by atoms with van der Waals surface area (Å²) in [5.74, 6) is -1.40. The Labute approximate surface area is 277 Å². The van der Waals surface area contributed by atoms with Crippen LogP contribution in [0, 0.1) is 17.8 Å². The molecule has 262 valence electrons. The van der Waals surface area contributed by atoms with Crippen LogP contribution in [0.25, 0.3) is 0 Å². The summed E-state index contributed by atoms with van der Waals surface area (Å²) in [5.41, 5.74) is 6.85. The van der Waals surface area contributed by atoms with Crippen LogP contribution >= 0.6 is 0 Å². The number of anilines is 1.